The van der Waals surface area contributed by atoms with E-state index in [0.29, 0.717) is 29.4 Å². The van der Waals surface area contributed by atoms with E-state index in [9.17, 15) is 18.0 Å². The van der Waals surface area contributed by atoms with Gasteiger partial charge in [-0.05, 0) is 49.7 Å². The number of anilines is 3. The fourth-order valence-corrected chi connectivity index (χ4v) is 3.91. The van der Waals surface area contributed by atoms with Crippen LogP contribution in [0.15, 0.2) is 48.7 Å². The largest absolute Gasteiger partial charge is 0.439 e. The lowest BCUT2D eigenvalue weighted by Crippen LogP contribution is -2.37. The van der Waals surface area contributed by atoms with Crippen molar-refractivity contribution in [2.45, 2.75) is 51.1 Å². The second kappa shape index (κ2) is 12.2. The molecular formula is C26H29F3N6O3. The van der Waals surface area contributed by atoms with Crippen LogP contribution in [0.4, 0.5) is 30.6 Å². The summed E-state index contributed by atoms with van der Waals surface area (Å²) in [6.07, 6.45) is -1.03. The number of nitrogens with zero attached hydrogens (tertiary/aromatic N) is 3. The van der Waals surface area contributed by atoms with Gasteiger partial charge in [-0.2, -0.15) is 18.2 Å². The van der Waals surface area contributed by atoms with Crippen molar-refractivity contribution in [3.8, 4) is 11.6 Å². The van der Waals surface area contributed by atoms with Crippen LogP contribution in [-0.4, -0.2) is 46.7 Å². The van der Waals surface area contributed by atoms with E-state index in [1.54, 1.807) is 37.4 Å². The van der Waals surface area contributed by atoms with Crippen LogP contribution < -0.4 is 20.7 Å². The molecule has 0 bridgehead atoms. The van der Waals surface area contributed by atoms with Gasteiger partial charge in [0.25, 0.3) is 0 Å². The van der Waals surface area contributed by atoms with E-state index in [0.717, 1.165) is 44.1 Å². The molecule has 3 aromatic rings. The van der Waals surface area contributed by atoms with Gasteiger partial charge >= 0.3 is 6.18 Å². The highest BCUT2D eigenvalue weighted by atomic mass is 19.4. The zero-order valence-electron chi connectivity index (χ0n) is 21.0. The van der Waals surface area contributed by atoms with Gasteiger partial charge in [0.15, 0.2) is 5.78 Å². The number of unbranched alkanes of at least 4 members (excludes halogenated alkanes) is 1. The summed E-state index contributed by atoms with van der Waals surface area (Å²) in [6.45, 7) is 2.82. The van der Waals surface area contributed by atoms with Gasteiger partial charge in [-0.25, -0.2) is 9.97 Å². The molecule has 3 heterocycles. The van der Waals surface area contributed by atoms with Crippen LogP contribution in [0.5, 0.6) is 11.6 Å². The van der Waals surface area contributed by atoms with Crippen molar-refractivity contribution in [1.82, 2.24) is 20.3 Å². The molecule has 0 spiro atoms. The number of ether oxygens (including phenoxy) is 2. The Morgan fingerprint density at radius 3 is 2.61 bits per heavy atom. The molecule has 9 nitrogen and oxygen atoms in total. The van der Waals surface area contributed by atoms with Crippen LogP contribution >= 0.6 is 0 Å². The average molecular weight is 531 g/mol. The molecule has 38 heavy (non-hydrogen) atoms. The van der Waals surface area contributed by atoms with E-state index in [2.05, 4.69) is 30.9 Å². The van der Waals surface area contributed by atoms with Crippen molar-refractivity contribution >= 4 is 23.2 Å². The number of pyridine rings is 1. The number of halogens is 3. The van der Waals surface area contributed by atoms with Crippen molar-refractivity contribution in [3.05, 3.63) is 59.9 Å². The van der Waals surface area contributed by atoms with Gasteiger partial charge in [-0.15, -0.1) is 0 Å². The molecule has 3 N–H and O–H groups in total. The smallest absolute Gasteiger partial charge is 0.417 e. The molecule has 0 radical (unpaired) electrons. The van der Waals surface area contributed by atoms with Gasteiger partial charge in [0.1, 0.15) is 23.5 Å². The number of alkyl halides is 3. The minimum Gasteiger partial charge on any atom is -0.439 e. The quantitative estimate of drug-likeness (QED) is 0.275. The van der Waals surface area contributed by atoms with Gasteiger partial charge in [0.05, 0.1) is 11.6 Å². The minimum atomic E-state index is -4.46. The highest BCUT2D eigenvalue weighted by Crippen LogP contribution is 2.30. The number of hydrogen-bond donors (Lipinski definition) is 3. The van der Waals surface area contributed by atoms with E-state index in [4.69, 9.17) is 9.47 Å². The monoisotopic (exact) mass is 530 g/mol. The number of carbonyl (C=O) groups is 1. The number of methoxy groups -OCH3 is 1. The second-order valence-electron chi connectivity index (χ2n) is 8.77. The Bertz CT molecular complexity index is 1220. The average Bonchev–Trinajstić information content (AvgIpc) is 3.35. The number of hydrogen-bond acceptors (Lipinski definition) is 9. The first-order valence-corrected chi connectivity index (χ1v) is 12.3. The lowest BCUT2D eigenvalue weighted by molar-refractivity contribution is -0.137. The number of carbonyl (C=O) groups excluding carboxylic acids is 1. The fourth-order valence-electron chi connectivity index (χ4n) is 3.91. The standard InChI is InChI=1S/C26H29F3N6O3/c1-3-4-5-21(36)20-14-22(33-19-12-13-30-24(19)37-2)35-25(34-20)32-17-7-9-18(10-8-17)38-23-11-6-16(15-31-23)26(27,28)29/h6-11,14-15,19,24,30H,3-5,12-13H2,1-2H3,(H2,32,33,34,35)/t19-,24?/m0/s1. The van der Waals surface area contributed by atoms with Gasteiger partial charge in [-0.1, -0.05) is 13.3 Å². The molecular weight excluding hydrogens is 501 g/mol. The van der Waals surface area contributed by atoms with Crippen LogP contribution in [-0.2, 0) is 10.9 Å². The summed E-state index contributed by atoms with van der Waals surface area (Å²) >= 11 is 0. The Morgan fingerprint density at radius 1 is 1.16 bits per heavy atom. The summed E-state index contributed by atoms with van der Waals surface area (Å²) < 4.78 is 49.2. The maximum Gasteiger partial charge on any atom is 0.417 e. The SMILES string of the molecule is CCCCC(=O)c1cc(N[C@H]2CCNC2OC)nc(Nc2ccc(Oc3ccc(C(F)(F)F)cn3)cc2)n1. The van der Waals surface area contributed by atoms with Crippen LogP contribution in [0.1, 0.15) is 48.7 Å². The van der Waals surface area contributed by atoms with Crippen molar-refractivity contribution in [2.24, 2.45) is 0 Å². The lowest BCUT2D eigenvalue weighted by Gasteiger charge is -2.20. The summed E-state index contributed by atoms with van der Waals surface area (Å²) in [4.78, 5) is 25.4. The Kier molecular flexibility index (Phi) is 8.74. The molecule has 12 heteroatoms. The number of Topliss-reactive ketones (excluding diaryl/α,β-unsaturated/α-hetero) is 1. The second-order valence-corrected chi connectivity index (χ2v) is 8.77. The Morgan fingerprint density at radius 2 is 1.95 bits per heavy atom. The van der Waals surface area contributed by atoms with Crippen molar-refractivity contribution in [1.29, 1.82) is 0 Å². The minimum absolute atomic E-state index is 0.0171. The predicted molar refractivity (Wildman–Crippen MR) is 136 cm³/mol. The molecule has 1 saturated heterocycles. The molecule has 202 valence electrons. The summed E-state index contributed by atoms with van der Waals surface area (Å²) in [7, 11) is 1.63. The molecule has 1 aliphatic heterocycles. The summed E-state index contributed by atoms with van der Waals surface area (Å²) in [6, 6.07) is 10.4. The first kappa shape index (κ1) is 27.3. The third-order valence-corrected chi connectivity index (χ3v) is 5.92. The molecule has 1 aromatic carbocycles. The highest BCUT2D eigenvalue weighted by molar-refractivity contribution is 5.95. The molecule has 1 unspecified atom stereocenters. The van der Waals surface area contributed by atoms with Crippen LogP contribution in [0, 0.1) is 0 Å². The Labute approximate surface area is 218 Å². The normalized spacial score (nSPS) is 17.3. The third-order valence-electron chi connectivity index (χ3n) is 5.92. The molecule has 2 atom stereocenters. The Hall–Kier alpha value is -3.77. The molecule has 4 rings (SSSR count). The topological polar surface area (TPSA) is 110 Å². The van der Waals surface area contributed by atoms with Gasteiger partial charge in [-0.3, -0.25) is 10.1 Å². The van der Waals surface area contributed by atoms with Crippen molar-refractivity contribution in [2.75, 3.05) is 24.3 Å². The van der Waals surface area contributed by atoms with Crippen LogP contribution in [0.2, 0.25) is 0 Å². The van der Waals surface area contributed by atoms with Gasteiger partial charge in [0, 0.05) is 37.5 Å². The van der Waals surface area contributed by atoms with E-state index in [1.165, 1.54) is 0 Å². The fraction of sp³-hybridized carbons (Fsp3) is 0.385. The Balaban J connectivity index is 1.48. The summed E-state index contributed by atoms with van der Waals surface area (Å²) in [5, 5.41) is 9.70. The van der Waals surface area contributed by atoms with E-state index >= 15 is 0 Å². The maximum absolute atomic E-state index is 12.7. The number of rotatable bonds is 11. The maximum atomic E-state index is 12.7. The lowest BCUT2D eigenvalue weighted by atomic mass is 10.1. The summed E-state index contributed by atoms with van der Waals surface area (Å²) in [5.74, 6) is 1.10. The number of benzene rings is 1. The number of nitrogens with one attached hydrogen (secondary N) is 3. The van der Waals surface area contributed by atoms with Crippen LogP contribution in [0.3, 0.4) is 0 Å². The zero-order valence-corrected chi connectivity index (χ0v) is 21.0. The molecule has 1 aliphatic rings. The van der Waals surface area contributed by atoms with E-state index in [-0.39, 0.29) is 29.9 Å². The number of ketones is 1. The van der Waals surface area contributed by atoms with Gasteiger partial charge in [0.2, 0.25) is 11.8 Å². The van der Waals surface area contributed by atoms with Crippen molar-refractivity contribution in [3.63, 3.8) is 0 Å². The summed E-state index contributed by atoms with van der Waals surface area (Å²) in [5.41, 5.74) is 0.0847. The van der Waals surface area contributed by atoms with Crippen LogP contribution in [0.25, 0.3) is 0 Å². The van der Waals surface area contributed by atoms with E-state index in [1.807, 2.05) is 6.92 Å². The molecule has 0 aliphatic carbocycles. The number of aromatic nitrogens is 3. The molecule has 1 fully saturated rings. The molecule has 0 saturated carbocycles. The van der Waals surface area contributed by atoms with Gasteiger partial charge < -0.3 is 20.1 Å². The van der Waals surface area contributed by atoms with Crippen molar-refractivity contribution < 1.29 is 27.4 Å². The zero-order chi connectivity index (χ0) is 27.1. The highest BCUT2D eigenvalue weighted by Gasteiger charge is 2.31. The first-order valence-electron chi connectivity index (χ1n) is 12.3. The van der Waals surface area contributed by atoms with E-state index < -0.39 is 11.7 Å². The predicted octanol–water partition coefficient (Wildman–Crippen LogP) is 5.55. The third kappa shape index (κ3) is 7.17. The first-order chi connectivity index (χ1) is 18.2. The molecule has 2 aromatic heterocycles. The molecule has 0 amide bonds.